The van der Waals surface area contributed by atoms with E-state index in [1.165, 1.54) is 0 Å². The topological polar surface area (TPSA) is 59.4 Å². The number of nitrogens with zero attached hydrogens (tertiary/aromatic N) is 3. The molecule has 0 bridgehead atoms. The first kappa shape index (κ1) is 20.8. The van der Waals surface area contributed by atoms with Crippen molar-refractivity contribution in [1.29, 1.82) is 0 Å². The Hall–Kier alpha value is -2.41. The predicted octanol–water partition coefficient (Wildman–Crippen LogP) is 3.99. The van der Waals surface area contributed by atoms with Gasteiger partial charge in [-0.1, -0.05) is 55.3 Å². The number of aromatic nitrogens is 2. The molecule has 7 heteroatoms. The van der Waals surface area contributed by atoms with Crippen molar-refractivity contribution in [2.45, 2.75) is 32.2 Å². The van der Waals surface area contributed by atoms with Crippen LogP contribution >= 0.6 is 11.6 Å². The number of nitrogens with one attached hydrogen (secondary N) is 1. The van der Waals surface area contributed by atoms with Crippen LogP contribution in [0.3, 0.4) is 0 Å². The van der Waals surface area contributed by atoms with Crippen LogP contribution in [0.4, 0.5) is 0 Å². The van der Waals surface area contributed by atoms with E-state index >= 15 is 0 Å². The van der Waals surface area contributed by atoms with Crippen molar-refractivity contribution >= 4 is 28.5 Å². The standard InChI is InChI=1S/C23H27ClN4O2/c1-2-7-21(23(29)26-27-12-14-30-15-13-27)28-20-11-6-5-10-19(20)25-22(28)16-17-8-3-4-9-18(17)24/h3-6,8-11,21H,2,7,12-16H2,1H3,(H,26,29)/t21-/m0/s1. The fourth-order valence-corrected chi connectivity index (χ4v) is 4.14. The van der Waals surface area contributed by atoms with Gasteiger partial charge in [0, 0.05) is 24.5 Å². The first-order chi connectivity index (χ1) is 14.7. The molecule has 0 aliphatic carbocycles. The van der Waals surface area contributed by atoms with Crippen LogP contribution in [-0.4, -0.2) is 46.8 Å². The van der Waals surface area contributed by atoms with Gasteiger partial charge in [0.15, 0.2) is 0 Å². The van der Waals surface area contributed by atoms with Gasteiger partial charge in [-0.3, -0.25) is 10.2 Å². The third-order valence-corrected chi connectivity index (χ3v) is 5.80. The molecule has 4 rings (SSSR count). The third kappa shape index (κ3) is 4.51. The van der Waals surface area contributed by atoms with E-state index < -0.39 is 0 Å². The maximum absolute atomic E-state index is 13.3. The van der Waals surface area contributed by atoms with Crippen LogP contribution < -0.4 is 5.43 Å². The molecule has 1 aromatic heterocycles. The van der Waals surface area contributed by atoms with Crippen LogP contribution in [-0.2, 0) is 16.0 Å². The molecule has 1 N–H and O–H groups in total. The molecule has 6 nitrogen and oxygen atoms in total. The highest BCUT2D eigenvalue weighted by Gasteiger charge is 2.27. The van der Waals surface area contributed by atoms with Crippen molar-refractivity contribution < 1.29 is 9.53 Å². The maximum Gasteiger partial charge on any atom is 0.257 e. The summed E-state index contributed by atoms with van der Waals surface area (Å²) in [6, 6.07) is 15.4. The number of imidazole rings is 1. The SMILES string of the molecule is CCC[C@@H](C(=O)NN1CCOCC1)n1c(Cc2ccccc2Cl)nc2ccccc21. The highest BCUT2D eigenvalue weighted by atomic mass is 35.5. The van der Waals surface area contributed by atoms with Gasteiger partial charge in [-0.05, 0) is 30.2 Å². The lowest BCUT2D eigenvalue weighted by Gasteiger charge is -2.30. The molecular weight excluding hydrogens is 400 g/mol. The molecule has 1 aliphatic heterocycles. The van der Waals surface area contributed by atoms with Crippen molar-refractivity contribution in [3.63, 3.8) is 0 Å². The fraction of sp³-hybridized carbons (Fsp3) is 0.391. The molecule has 3 aromatic rings. The number of fused-ring (bicyclic) bond motifs is 1. The second kappa shape index (κ2) is 9.60. The van der Waals surface area contributed by atoms with Crippen molar-refractivity contribution in [3.05, 3.63) is 64.9 Å². The number of amides is 1. The number of carbonyl (C=O) groups excluding carboxylic acids is 1. The van der Waals surface area contributed by atoms with E-state index in [-0.39, 0.29) is 11.9 Å². The molecule has 0 spiro atoms. The smallest absolute Gasteiger partial charge is 0.257 e. The van der Waals surface area contributed by atoms with Crippen LogP contribution in [0.2, 0.25) is 5.02 Å². The molecule has 2 heterocycles. The van der Waals surface area contributed by atoms with E-state index in [1.807, 2.05) is 53.5 Å². The number of rotatable bonds is 7. The van der Waals surface area contributed by atoms with Crippen LogP contribution in [0.1, 0.15) is 37.2 Å². The zero-order valence-corrected chi connectivity index (χ0v) is 17.9. The van der Waals surface area contributed by atoms with Crippen LogP contribution in [0.25, 0.3) is 11.0 Å². The number of morpholine rings is 1. The van der Waals surface area contributed by atoms with Gasteiger partial charge in [0.1, 0.15) is 11.9 Å². The molecule has 2 aromatic carbocycles. The Morgan fingerprint density at radius 1 is 1.17 bits per heavy atom. The predicted molar refractivity (Wildman–Crippen MR) is 118 cm³/mol. The van der Waals surface area contributed by atoms with E-state index in [4.69, 9.17) is 21.3 Å². The largest absolute Gasteiger partial charge is 0.379 e. The Kier molecular flexibility index (Phi) is 6.67. The van der Waals surface area contributed by atoms with E-state index in [2.05, 4.69) is 16.9 Å². The lowest BCUT2D eigenvalue weighted by Crippen LogP contribution is -2.50. The van der Waals surface area contributed by atoms with E-state index in [1.54, 1.807) is 0 Å². The summed E-state index contributed by atoms with van der Waals surface area (Å²) in [5, 5.41) is 2.65. The van der Waals surface area contributed by atoms with Gasteiger partial charge in [-0.25, -0.2) is 9.99 Å². The summed E-state index contributed by atoms with van der Waals surface area (Å²) in [4.78, 5) is 18.2. The summed E-state index contributed by atoms with van der Waals surface area (Å²) in [6.07, 6.45) is 2.19. The number of halogens is 1. The normalized spacial score (nSPS) is 15.9. The monoisotopic (exact) mass is 426 g/mol. The molecule has 1 saturated heterocycles. The minimum Gasteiger partial charge on any atom is -0.379 e. The van der Waals surface area contributed by atoms with Gasteiger partial charge in [0.25, 0.3) is 5.91 Å². The lowest BCUT2D eigenvalue weighted by atomic mass is 10.1. The summed E-state index contributed by atoms with van der Waals surface area (Å²) < 4.78 is 7.49. The van der Waals surface area contributed by atoms with Gasteiger partial charge in [-0.15, -0.1) is 0 Å². The fourth-order valence-electron chi connectivity index (χ4n) is 3.94. The third-order valence-electron chi connectivity index (χ3n) is 5.43. The van der Waals surface area contributed by atoms with Crippen LogP contribution in [0, 0.1) is 0 Å². The number of benzene rings is 2. The van der Waals surface area contributed by atoms with Crippen molar-refractivity contribution in [3.8, 4) is 0 Å². The molecule has 0 radical (unpaired) electrons. The average molecular weight is 427 g/mol. The van der Waals surface area contributed by atoms with E-state index in [9.17, 15) is 4.79 Å². The number of hydrazine groups is 1. The molecule has 30 heavy (non-hydrogen) atoms. The van der Waals surface area contributed by atoms with Crippen LogP contribution in [0.15, 0.2) is 48.5 Å². The molecule has 1 amide bonds. The number of ether oxygens (including phenoxy) is 1. The average Bonchev–Trinajstić information content (AvgIpc) is 3.12. The molecular formula is C23H27ClN4O2. The van der Waals surface area contributed by atoms with Crippen molar-refractivity contribution in [1.82, 2.24) is 20.0 Å². The van der Waals surface area contributed by atoms with Gasteiger partial charge >= 0.3 is 0 Å². The Bertz CT molecular complexity index is 1010. The Balaban J connectivity index is 1.71. The Morgan fingerprint density at radius 2 is 1.90 bits per heavy atom. The Morgan fingerprint density at radius 3 is 2.67 bits per heavy atom. The van der Waals surface area contributed by atoms with Crippen molar-refractivity contribution in [2.24, 2.45) is 0 Å². The quantitative estimate of drug-likeness (QED) is 0.620. The number of carbonyl (C=O) groups is 1. The zero-order chi connectivity index (χ0) is 20.9. The second-order valence-corrected chi connectivity index (χ2v) is 7.94. The molecule has 1 atom stereocenters. The first-order valence-corrected chi connectivity index (χ1v) is 10.9. The lowest BCUT2D eigenvalue weighted by molar-refractivity contribution is -0.131. The zero-order valence-electron chi connectivity index (χ0n) is 17.2. The molecule has 0 saturated carbocycles. The summed E-state index contributed by atoms with van der Waals surface area (Å²) >= 11 is 6.42. The summed E-state index contributed by atoms with van der Waals surface area (Å²) in [5.41, 5.74) is 5.95. The van der Waals surface area contributed by atoms with Crippen LogP contribution in [0.5, 0.6) is 0 Å². The minimum absolute atomic E-state index is 0.0117. The highest BCUT2D eigenvalue weighted by molar-refractivity contribution is 6.31. The molecule has 1 aliphatic rings. The van der Waals surface area contributed by atoms with Gasteiger partial charge in [0.05, 0.1) is 24.2 Å². The second-order valence-electron chi connectivity index (χ2n) is 7.53. The summed E-state index contributed by atoms with van der Waals surface area (Å²) in [6.45, 7) is 4.75. The molecule has 158 valence electrons. The number of hydrogen-bond acceptors (Lipinski definition) is 4. The van der Waals surface area contributed by atoms with Crippen molar-refractivity contribution in [2.75, 3.05) is 26.3 Å². The number of hydrogen-bond donors (Lipinski definition) is 1. The minimum atomic E-state index is -0.345. The van der Waals surface area contributed by atoms with Gasteiger partial charge in [0.2, 0.25) is 0 Å². The van der Waals surface area contributed by atoms with E-state index in [0.717, 1.165) is 35.3 Å². The first-order valence-electron chi connectivity index (χ1n) is 10.5. The summed E-state index contributed by atoms with van der Waals surface area (Å²) in [7, 11) is 0. The van der Waals surface area contributed by atoms with Gasteiger partial charge < -0.3 is 9.30 Å². The van der Waals surface area contributed by atoms with E-state index in [0.29, 0.717) is 37.7 Å². The maximum atomic E-state index is 13.3. The summed E-state index contributed by atoms with van der Waals surface area (Å²) in [5.74, 6) is 0.835. The highest BCUT2D eigenvalue weighted by Crippen LogP contribution is 2.28. The number of para-hydroxylation sites is 2. The molecule has 1 fully saturated rings. The Labute approximate surface area is 181 Å². The van der Waals surface area contributed by atoms with Gasteiger partial charge in [-0.2, -0.15) is 0 Å². The molecule has 0 unspecified atom stereocenters.